The molecule has 0 aromatic carbocycles. The molecule has 3 unspecified atom stereocenters. The molecule has 5 heterocycles. The highest BCUT2D eigenvalue weighted by Crippen LogP contribution is 2.58. The average Bonchev–Trinajstić information content (AvgIpc) is 3.23. The SMILES string of the molecule is CC(=O)c1nn(CC(=O)N2C([B]c3cccc(Br)n3)CC3(C)CC23)c2cnc(-c3cnc(C)nc3)cc12. The highest BCUT2D eigenvalue weighted by atomic mass is 79.9. The Hall–Kier alpha value is -3.47. The van der Waals surface area contributed by atoms with Gasteiger partial charge in [-0.3, -0.25) is 24.2 Å². The van der Waals surface area contributed by atoms with E-state index in [0.717, 1.165) is 28.6 Å². The highest BCUT2D eigenvalue weighted by molar-refractivity contribution is 9.10. The van der Waals surface area contributed by atoms with Crippen LogP contribution >= 0.6 is 15.9 Å². The number of Topliss-reactive ketones (excluding diaryl/α,β-unsaturated/α-hetero) is 1. The lowest BCUT2D eigenvalue weighted by Gasteiger charge is -2.27. The number of amides is 1. The Bertz CT molecular complexity index is 1560. The summed E-state index contributed by atoms with van der Waals surface area (Å²) in [6.07, 6.45) is 6.97. The molecule has 6 rings (SSSR count). The minimum absolute atomic E-state index is 0.0290. The Morgan fingerprint density at radius 3 is 2.68 bits per heavy atom. The number of aryl methyl sites for hydroxylation is 1. The van der Waals surface area contributed by atoms with E-state index in [1.54, 1.807) is 23.3 Å². The normalized spacial score (nSPS) is 22.2. The Balaban J connectivity index is 1.30. The summed E-state index contributed by atoms with van der Waals surface area (Å²) >= 11 is 3.43. The molecular weight excluding hydrogens is 533 g/mol. The summed E-state index contributed by atoms with van der Waals surface area (Å²) in [5.41, 5.74) is 3.32. The number of halogens is 1. The second-order valence-electron chi connectivity index (χ2n) is 10.2. The number of aromatic nitrogens is 6. The minimum atomic E-state index is -0.170. The molecule has 9 nitrogen and oxygen atoms in total. The van der Waals surface area contributed by atoms with Crippen molar-refractivity contribution >= 4 is 51.4 Å². The zero-order valence-corrected chi connectivity index (χ0v) is 22.3. The first-order valence-corrected chi connectivity index (χ1v) is 13.0. The van der Waals surface area contributed by atoms with Crippen LogP contribution in [0.2, 0.25) is 0 Å². The molecule has 1 saturated carbocycles. The van der Waals surface area contributed by atoms with Crippen LogP contribution in [-0.4, -0.2) is 65.6 Å². The number of carbonyl (C=O) groups is 2. The van der Waals surface area contributed by atoms with Gasteiger partial charge in [-0.25, -0.2) is 9.97 Å². The number of nitrogens with zero attached hydrogens (tertiary/aromatic N) is 7. The summed E-state index contributed by atoms with van der Waals surface area (Å²) in [7, 11) is 2.07. The number of ketones is 1. The Morgan fingerprint density at radius 1 is 1.16 bits per heavy atom. The molecule has 0 N–H and O–H groups in total. The van der Waals surface area contributed by atoms with E-state index >= 15 is 0 Å². The third kappa shape index (κ3) is 4.35. The van der Waals surface area contributed by atoms with Gasteiger partial charge in [0.2, 0.25) is 13.2 Å². The van der Waals surface area contributed by atoms with Crippen LogP contribution < -0.4 is 5.59 Å². The fraction of sp³-hybridized carbons (Fsp3) is 0.346. The van der Waals surface area contributed by atoms with Crippen LogP contribution in [0, 0.1) is 12.3 Å². The molecule has 0 spiro atoms. The Labute approximate surface area is 223 Å². The first-order valence-electron chi connectivity index (χ1n) is 12.2. The van der Waals surface area contributed by atoms with Crippen molar-refractivity contribution in [1.29, 1.82) is 0 Å². The van der Waals surface area contributed by atoms with Crippen LogP contribution in [0.1, 0.15) is 43.0 Å². The fourth-order valence-corrected chi connectivity index (χ4v) is 5.76. The van der Waals surface area contributed by atoms with Gasteiger partial charge in [0.1, 0.15) is 22.7 Å². The minimum Gasteiger partial charge on any atom is -0.342 e. The van der Waals surface area contributed by atoms with Crippen LogP contribution in [0.25, 0.3) is 22.2 Å². The molecule has 1 aliphatic heterocycles. The topological polar surface area (TPSA) is 107 Å². The van der Waals surface area contributed by atoms with Crippen molar-refractivity contribution < 1.29 is 9.59 Å². The largest absolute Gasteiger partial charge is 0.342 e. The van der Waals surface area contributed by atoms with E-state index in [4.69, 9.17) is 0 Å². The molecule has 2 fully saturated rings. The number of hydrogen-bond acceptors (Lipinski definition) is 7. The molecule has 11 heteroatoms. The fourth-order valence-electron chi connectivity index (χ4n) is 5.40. The Morgan fingerprint density at radius 2 is 1.95 bits per heavy atom. The number of hydrogen-bond donors (Lipinski definition) is 0. The van der Waals surface area contributed by atoms with Crippen LogP contribution in [-0.2, 0) is 11.3 Å². The van der Waals surface area contributed by atoms with E-state index in [1.807, 2.05) is 36.1 Å². The maximum atomic E-state index is 13.7. The third-order valence-electron chi connectivity index (χ3n) is 7.39. The van der Waals surface area contributed by atoms with Crippen LogP contribution in [0.5, 0.6) is 0 Å². The molecule has 1 radical (unpaired) electrons. The lowest BCUT2D eigenvalue weighted by atomic mass is 9.63. The molecule has 0 bridgehead atoms. The van der Waals surface area contributed by atoms with Gasteiger partial charge >= 0.3 is 0 Å². The van der Waals surface area contributed by atoms with Crippen molar-refractivity contribution in [1.82, 2.24) is 34.6 Å². The number of likely N-dealkylation sites (tertiary alicyclic amines) is 1. The van der Waals surface area contributed by atoms with E-state index in [1.165, 1.54) is 6.92 Å². The van der Waals surface area contributed by atoms with Gasteiger partial charge in [0, 0.05) is 47.8 Å². The summed E-state index contributed by atoms with van der Waals surface area (Å²) in [6.45, 7) is 5.56. The van der Waals surface area contributed by atoms with Crippen molar-refractivity contribution in [2.45, 2.75) is 52.1 Å². The molecule has 185 valence electrons. The number of rotatable bonds is 6. The van der Waals surface area contributed by atoms with E-state index in [9.17, 15) is 9.59 Å². The molecule has 3 atom stereocenters. The van der Waals surface area contributed by atoms with Gasteiger partial charge in [0.15, 0.2) is 5.78 Å². The van der Waals surface area contributed by atoms with Crippen LogP contribution in [0.15, 0.2) is 47.5 Å². The summed E-state index contributed by atoms with van der Waals surface area (Å²) in [5.74, 6) is 0.424. The summed E-state index contributed by atoms with van der Waals surface area (Å²) in [6, 6.07) is 7.79. The Kier molecular flexibility index (Phi) is 5.70. The highest BCUT2D eigenvalue weighted by Gasteiger charge is 2.62. The van der Waals surface area contributed by atoms with Crippen molar-refractivity contribution in [3.63, 3.8) is 0 Å². The predicted molar refractivity (Wildman–Crippen MR) is 142 cm³/mol. The zero-order chi connectivity index (χ0) is 25.9. The lowest BCUT2D eigenvalue weighted by Crippen LogP contribution is -2.47. The monoisotopic (exact) mass is 556 g/mol. The number of fused-ring (bicyclic) bond motifs is 2. The quantitative estimate of drug-likeness (QED) is 0.204. The third-order valence-corrected chi connectivity index (χ3v) is 7.83. The first-order chi connectivity index (χ1) is 17.7. The van der Waals surface area contributed by atoms with Gasteiger partial charge in [-0.2, -0.15) is 5.10 Å². The summed E-state index contributed by atoms with van der Waals surface area (Å²) in [4.78, 5) is 45.7. The lowest BCUT2D eigenvalue weighted by molar-refractivity contribution is -0.132. The molecule has 1 saturated heterocycles. The molecule has 37 heavy (non-hydrogen) atoms. The summed E-state index contributed by atoms with van der Waals surface area (Å²) < 4.78 is 2.36. The van der Waals surface area contributed by atoms with Gasteiger partial charge in [0.25, 0.3) is 0 Å². The average molecular weight is 557 g/mol. The first kappa shape index (κ1) is 23.9. The van der Waals surface area contributed by atoms with Crippen molar-refractivity contribution in [2.75, 3.05) is 0 Å². The van der Waals surface area contributed by atoms with E-state index in [2.05, 4.69) is 55.2 Å². The molecule has 1 amide bonds. The molecule has 1 aliphatic carbocycles. The van der Waals surface area contributed by atoms with Crippen LogP contribution in [0.4, 0.5) is 0 Å². The molecule has 4 aromatic heterocycles. The standard InChI is InChI=1S/C26H24BBrN7O2/c1-14(36)25-17-7-18(16-10-29-15(2)30-11-16)31-12-19(17)34(33-25)13-24(37)35-20-8-26(20,3)9-22(35)27-21-5-4-6-23(28)32-21/h4-7,10-12,20,22H,8-9,13H2,1-3H3. The summed E-state index contributed by atoms with van der Waals surface area (Å²) in [5, 5.41) is 5.20. The van der Waals surface area contributed by atoms with E-state index in [-0.39, 0.29) is 35.6 Å². The smallest absolute Gasteiger partial charge is 0.244 e. The number of carbonyl (C=O) groups excluding carboxylic acids is 2. The van der Waals surface area contributed by atoms with E-state index < -0.39 is 0 Å². The predicted octanol–water partition coefficient (Wildman–Crippen LogP) is 2.92. The zero-order valence-electron chi connectivity index (χ0n) is 20.7. The number of pyridine rings is 2. The maximum Gasteiger partial charge on any atom is 0.244 e. The van der Waals surface area contributed by atoms with Gasteiger partial charge < -0.3 is 4.90 Å². The molecule has 2 aliphatic rings. The van der Waals surface area contributed by atoms with Crippen molar-refractivity contribution in [2.24, 2.45) is 5.41 Å². The second kappa shape index (κ2) is 8.83. The van der Waals surface area contributed by atoms with Crippen molar-refractivity contribution in [3.8, 4) is 11.3 Å². The molecular formula is C26H24BBrN7O2. The molecule has 4 aromatic rings. The van der Waals surface area contributed by atoms with Gasteiger partial charge in [-0.1, -0.05) is 19.1 Å². The van der Waals surface area contributed by atoms with Crippen molar-refractivity contribution in [3.05, 3.63) is 59.0 Å². The van der Waals surface area contributed by atoms with Crippen LogP contribution in [0.3, 0.4) is 0 Å². The van der Waals surface area contributed by atoms with Gasteiger partial charge in [-0.15, -0.1) is 0 Å². The van der Waals surface area contributed by atoms with Gasteiger partial charge in [-0.05, 0) is 53.2 Å². The van der Waals surface area contributed by atoms with E-state index in [0.29, 0.717) is 28.1 Å². The number of piperidine rings is 1. The second-order valence-corrected chi connectivity index (χ2v) is 11.0. The van der Waals surface area contributed by atoms with Gasteiger partial charge in [0.05, 0.1) is 17.4 Å². The maximum absolute atomic E-state index is 13.7.